The molecule has 3 aromatic carbocycles. The summed E-state index contributed by atoms with van der Waals surface area (Å²) < 4.78 is 69.4. The lowest BCUT2D eigenvalue weighted by Crippen LogP contribution is -2.25. The van der Waals surface area contributed by atoms with Crippen LogP contribution in [0.1, 0.15) is 73.7 Å². The molecule has 0 aliphatic heterocycles. The van der Waals surface area contributed by atoms with Gasteiger partial charge in [0.25, 0.3) is 0 Å². The first-order valence-corrected chi connectivity index (χ1v) is 13.9. The summed E-state index contributed by atoms with van der Waals surface area (Å²) in [7, 11) is 0. The van der Waals surface area contributed by atoms with Crippen LogP contribution in [0.3, 0.4) is 0 Å². The fraction of sp³-hybridized carbons (Fsp3) is 0.364. The lowest BCUT2D eigenvalue weighted by molar-refractivity contribution is 0.0723. The standard InChI is InChI=1S/C33H34F4O4/c1-3-5-19-40-28-18-17-26(31(36)32(28)37)33(39)41-23-13-11-21(12-14-23)25-16-15-24(29(34)30(25)35)20-7-9-22(10-8-20)27(38)6-4-2/h3,11-18,20,22,27,38H,1,4-10,19H2,2H3. The Kier molecular flexibility index (Phi) is 10.2. The minimum atomic E-state index is -1.40. The van der Waals surface area contributed by atoms with Crippen LogP contribution >= 0.6 is 0 Å². The van der Waals surface area contributed by atoms with Crippen molar-refractivity contribution < 1.29 is 36.9 Å². The molecule has 1 aliphatic carbocycles. The number of halogens is 4. The molecule has 3 aromatic rings. The average molecular weight is 571 g/mol. The molecule has 218 valence electrons. The number of esters is 1. The summed E-state index contributed by atoms with van der Waals surface area (Å²) in [6.45, 7) is 5.65. The van der Waals surface area contributed by atoms with E-state index in [1.54, 1.807) is 12.1 Å². The van der Waals surface area contributed by atoms with Gasteiger partial charge in [0.05, 0.1) is 18.3 Å². The number of aliphatic hydroxyl groups excluding tert-OH is 1. The van der Waals surface area contributed by atoms with Gasteiger partial charge in [0, 0.05) is 5.56 Å². The highest BCUT2D eigenvalue weighted by molar-refractivity contribution is 5.91. The van der Waals surface area contributed by atoms with E-state index in [1.807, 2.05) is 6.92 Å². The molecule has 0 bridgehead atoms. The number of rotatable bonds is 11. The van der Waals surface area contributed by atoms with Crippen LogP contribution in [0.15, 0.2) is 61.2 Å². The molecule has 8 heteroatoms. The second kappa shape index (κ2) is 13.8. The first-order valence-electron chi connectivity index (χ1n) is 13.9. The Bertz CT molecular complexity index is 1360. The quantitative estimate of drug-likeness (QED) is 0.0826. The Morgan fingerprint density at radius 2 is 1.66 bits per heavy atom. The van der Waals surface area contributed by atoms with E-state index in [4.69, 9.17) is 9.47 Å². The predicted molar refractivity (Wildman–Crippen MR) is 149 cm³/mol. The van der Waals surface area contributed by atoms with Crippen molar-refractivity contribution in [3.05, 3.63) is 95.6 Å². The second-order valence-electron chi connectivity index (χ2n) is 10.4. The van der Waals surface area contributed by atoms with E-state index in [-0.39, 0.29) is 41.6 Å². The summed E-state index contributed by atoms with van der Waals surface area (Å²) in [5, 5.41) is 10.3. The molecule has 0 spiro atoms. The molecule has 0 heterocycles. The molecular weight excluding hydrogens is 536 g/mol. The van der Waals surface area contributed by atoms with E-state index in [0.717, 1.165) is 37.8 Å². The van der Waals surface area contributed by atoms with Gasteiger partial charge in [0.2, 0.25) is 5.82 Å². The van der Waals surface area contributed by atoms with Crippen molar-refractivity contribution in [2.75, 3.05) is 6.61 Å². The van der Waals surface area contributed by atoms with Crippen molar-refractivity contribution in [2.45, 2.75) is 63.9 Å². The molecule has 0 radical (unpaired) electrons. The minimum Gasteiger partial charge on any atom is -0.490 e. The van der Waals surface area contributed by atoms with E-state index in [2.05, 4.69) is 6.58 Å². The highest BCUT2D eigenvalue weighted by Crippen LogP contribution is 2.40. The maximum atomic E-state index is 15.2. The molecule has 41 heavy (non-hydrogen) atoms. The third-order valence-electron chi connectivity index (χ3n) is 7.67. The monoisotopic (exact) mass is 570 g/mol. The van der Waals surface area contributed by atoms with Crippen LogP contribution in [0.4, 0.5) is 17.6 Å². The third-order valence-corrected chi connectivity index (χ3v) is 7.67. The molecule has 1 N–H and O–H groups in total. The number of hydrogen-bond acceptors (Lipinski definition) is 4. The minimum absolute atomic E-state index is 0.0180. The smallest absolute Gasteiger partial charge is 0.346 e. The van der Waals surface area contributed by atoms with Crippen LogP contribution in [0, 0.1) is 29.2 Å². The van der Waals surface area contributed by atoms with Gasteiger partial charge in [-0.15, -0.1) is 6.58 Å². The predicted octanol–water partition coefficient (Wildman–Crippen LogP) is 8.52. The van der Waals surface area contributed by atoms with E-state index < -0.39 is 34.8 Å². The summed E-state index contributed by atoms with van der Waals surface area (Å²) in [5.74, 6) is -5.89. The second-order valence-corrected chi connectivity index (χ2v) is 10.4. The fourth-order valence-corrected chi connectivity index (χ4v) is 5.37. The normalized spacial score (nSPS) is 17.6. The summed E-state index contributed by atoms with van der Waals surface area (Å²) in [4.78, 5) is 12.5. The van der Waals surface area contributed by atoms with Gasteiger partial charge in [-0.1, -0.05) is 43.7 Å². The molecule has 4 nitrogen and oxygen atoms in total. The van der Waals surface area contributed by atoms with Crippen LogP contribution in [-0.2, 0) is 0 Å². The number of benzene rings is 3. The molecule has 0 aromatic heterocycles. The Morgan fingerprint density at radius 3 is 2.32 bits per heavy atom. The molecule has 0 saturated heterocycles. The highest BCUT2D eigenvalue weighted by Gasteiger charge is 2.29. The topological polar surface area (TPSA) is 55.8 Å². The molecule has 4 rings (SSSR count). The van der Waals surface area contributed by atoms with E-state index >= 15 is 8.78 Å². The van der Waals surface area contributed by atoms with Crippen molar-refractivity contribution in [3.63, 3.8) is 0 Å². The number of hydrogen-bond donors (Lipinski definition) is 1. The molecule has 1 atom stereocenters. The van der Waals surface area contributed by atoms with Gasteiger partial charge in [0.15, 0.2) is 23.2 Å². The van der Waals surface area contributed by atoms with E-state index in [1.165, 1.54) is 30.3 Å². The van der Waals surface area contributed by atoms with Gasteiger partial charge < -0.3 is 14.6 Å². The van der Waals surface area contributed by atoms with E-state index in [9.17, 15) is 18.7 Å². The lowest BCUT2D eigenvalue weighted by Gasteiger charge is -2.32. The van der Waals surface area contributed by atoms with Crippen molar-refractivity contribution >= 4 is 5.97 Å². The zero-order valence-electron chi connectivity index (χ0n) is 23.0. The molecule has 1 aliphatic rings. The van der Waals surface area contributed by atoms with E-state index in [0.29, 0.717) is 30.4 Å². The maximum Gasteiger partial charge on any atom is 0.346 e. The average Bonchev–Trinajstić information content (AvgIpc) is 2.97. The number of carbonyl (C=O) groups excluding carboxylic acids is 1. The highest BCUT2D eigenvalue weighted by atomic mass is 19.2. The molecular formula is C33H34F4O4. The van der Waals surface area contributed by atoms with Gasteiger partial charge in [-0.3, -0.25) is 0 Å². The Balaban J connectivity index is 1.42. The van der Waals surface area contributed by atoms with Gasteiger partial charge >= 0.3 is 5.97 Å². The van der Waals surface area contributed by atoms with Gasteiger partial charge in [-0.2, -0.15) is 4.39 Å². The fourth-order valence-electron chi connectivity index (χ4n) is 5.37. The summed E-state index contributed by atoms with van der Waals surface area (Å²) in [6, 6.07) is 11.0. The molecule has 1 unspecified atom stereocenters. The molecule has 1 saturated carbocycles. The number of carbonyl (C=O) groups is 1. The zero-order valence-corrected chi connectivity index (χ0v) is 23.0. The van der Waals surface area contributed by atoms with Crippen molar-refractivity contribution in [1.29, 1.82) is 0 Å². The van der Waals surface area contributed by atoms with Crippen molar-refractivity contribution in [2.24, 2.45) is 5.92 Å². The molecule has 1 fully saturated rings. The maximum absolute atomic E-state index is 15.2. The lowest BCUT2D eigenvalue weighted by atomic mass is 9.75. The first kappa shape index (κ1) is 30.3. The van der Waals surface area contributed by atoms with Crippen LogP contribution in [0.25, 0.3) is 11.1 Å². The van der Waals surface area contributed by atoms with Gasteiger partial charge in [0.1, 0.15) is 5.75 Å². The number of aliphatic hydroxyl groups is 1. The van der Waals surface area contributed by atoms with Crippen molar-refractivity contribution in [1.82, 2.24) is 0 Å². The first-order chi connectivity index (χ1) is 19.7. The SMILES string of the molecule is C=CCCOc1ccc(C(=O)Oc2ccc(-c3ccc(C4CCC(C(O)CCC)CC4)c(F)c3F)cc2)c(F)c1F. The van der Waals surface area contributed by atoms with Crippen LogP contribution < -0.4 is 9.47 Å². The summed E-state index contributed by atoms with van der Waals surface area (Å²) in [6.07, 6.45) is 6.25. The Morgan fingerprint density at radius 1 is 0.951 bits per heavy atom. The zero-order chi connectivity index (χ0) is 29.5. The third kappa shape index (κ3) is 6.99. The van der Waals surface area contributed by atoms with Crippen LogP contribution in [-0.4, -0.2) is 23.8 Å². The van der Waals surface area contributed by atoms with Gasteiger partial charge in [-0.05, 0) is 85.8 Å². The Hall–Kier alpha value is -3.65. The Labute approximate surface area is 237 Å². The molecule has 0 amide bonds. The van der Waals surface area contributed by atoms with Crippen molar-refractivity contribution in [3.8, 4) is 22.6 Å². The van der Waals surface area contributed by atoms with Crippen LogP contribution in [0.5, 0.6) is 11.5 Å². The number of ether oxygens (including phenoxy) is 2. The largest absolute Gasteiger partial charge is 0.490 e. The summed E-state index contributed by atoms with van der Waals surface area (Å²) in [5.41, 5.74) is 0.139. The van der Waals surface area contributed by atoms with Crippen LogP contribution in [0.2, 0.25) is 0 Å². The van der Waals surface area contributed by atoms with Gasteiger partial charge in [-0.25, -0.2) is 18.0 Å². The summed E-state index contributed by atoms with van der Waals surface area (Å²) >= 11 is 0.